The summed E-state index contributed by atoms with van der Waals surface area (Å²) in [5.41, 5.74) is 14.9. The van der Waals surface area contributed by atoms with E-state index in [2.05, 4.69) is 134 Å². The van der Waals surface area contributed by atoms with Crippen molar-refractivity contribution < 1.29 is 8.42 Å². The lowest BCUT2D eigenvalue weighted by Crippen LogP contribution is -2.38. The summed E-state index contributed by atoms with van der Waals surface area (Å²) in [6, 6.07) is 60.2. The Hall–Kier alpha value is -7.28. The molecular weight excluding hydrogens is 767 g/mol. The molecule has 2 aromatic heterocycles. The van der Waals surface area contributed by atoms with Crippen LogP contribution >= 0.6 is 0 Å². The van der Waals surface area contributed by atoms with Crippen LogP contribution in [0.5, 0.6) is 0 Å². The van der Waals surface area contributed by atoms with Gasteiger partial charge in [-0.2, -0.15) is 0 Å². The maximum atomic E-state index is 15.3. The minimum atomic E-state index is -3.98. The summed E-state index contributed by atoms with van der Waals surface area (Å²) in [4.78, 5) is 15.4. The Morgan fingerprint density at radius 3 is 1.72 bits per heavy atom. The molecule has 0 saturated carbocycles. The van der Waals surface area contributed by atoms with Crippen LogP contribution < -0.4 is 0 Å². The minimum absolute atomic E-state index is 0.320. The van der Waals surface area contributed by atoms with E-state index in [9.17, 15) is 0 Å². The molecule has 7 aromatic carbocycles. The maximum Gasteiger partial charge on any atom is 0.207 e. The highest BCUT2D eigenvalue weighted by Gasteiger charge is 2.53. The molecule has 3 aliphatic rings. The van der Waals surface area contributed by atoms with Gasteiger partial charge in [-0.25, -0.2) is 18.4 Å². The second-order valence-corrected chi connectivity index (χ2v) is 18.6. The van der Waals surface area contributed by atoms with Crippen molar-refractivity contribution in [1.82, 2.24) is 15.0 Å². The van der Waals surface area contributed by atoms with Crippen molar-refractivity contribution in [3.05, 3.63) is 222 Å². The third-order valence-corrected chi connectivity index (χ3v) is 15.1. The Balaban J connectivity index is 1.24. The van der Waals surface area contributed by atoms with E-state index in [1.165, 1.54) is 5.56 Å². The first-order chi connectivity index (χ1) is 29.8. The highest BCUT2D eigenvalue weighted by atomic mass is 32.2. The number of benzene rings is 7. The van der Waals surface area contributed by atoms with Crippen LogP contribution in [0.15, 0.2) is 198 Å². The predicted molar refractivity (Wildman–Crippen MR) is 242 cm³/mol. The van der Waals surface area contributed by atoms with Gasteiger partial charge in [0, 0.05) is 34.5 Å². The second-order valence-electron chi connectivity index (χ2n) is 16.7. The summed E-state index contributed by atoms with van der Waals surface area (Å²) < 4.78 is 30.7. The topological polar surface area (TPSA) is 72.8 Å². The molecular formula is C55H37N3O2S. The number of hydrogen-bond donors (Lipinski definition) is 0. The van der Waals surface area contributed by atoms with Crippen molar-refractivity contribution in [2.45, 2.75) is 34.5 Å². The molecule has 1 spiro atoms. The molecule has 1 atom stereocenters. The number of sulfone groups is 1. The third kappa shape index (κ3) is 4.94. The van der Waals surface area contributed by atoms with Crippen LogP contribution in [0.1, 0.15) is 47.2 Å². The van der Waals surface area contributed by atoms with Crippen LogP contribution in [0.2, 0.25) is 0 Å². The van der Waals surface area contributed by atoms with Gasteiger partial charge in [-0.15, -0.1) is 0 Å². The molecule has 2 aliphatic carbocycles. The smallest absolute Gasteiger partial charge is 0.207 e. The van der Waals surface area contributed by atoms with Gasteiger partial charge in [-0.1, -0.05) is 147 Å². The first kappa shape index (κ1) is 35.6. The molecule has 3 heterocycles. The summed E-state index contributed by atoms with van der Waals surface area (Å²) in [6.07, 6.45) is 3.55. The van der Waals surface area contributed by atoms with Gasteiger partial charge in [0.05, 0.1) is 26.6 Å². The van der Waals surface area contributed by atoms with E-state index in [0.717, 1.165) is 89.3 Å². The second kappa shape index (κ2) is 12.9. The molecule has 0 saturated heterocycles. The SMILES string of the molecule is CC1(C)c2ccccc2-c2cc3c(cc21)S(=O)(=O)c1ccccc1C31c2ccccc2-c2ccccc2-c2ccc(-c3cc(-c4ccccc4)nc(-c4cccnc4)n3)cc21. The zero-order valence-electron chi connectivity index (χ0n) is 33.5. The fraction of sp³-hybridized carbons (Fsp3) is 0.0727. The van der Waals surface area contributed by atoms with E-state index < -0.39 is 20.7 Å². The Morgan fingerprint density at radius 2 is 1.00 bits per heavy atom. The molecule has 0 N–H and O–H groups in total. The number of rotatable bonds is 3. The Kier molecular flexibility index (Phi) is 7.51. The number of hydrogen-bond acceptors (Lipinski definition) is 5. The Labute approximate surface area is 355 Å². The fourth-order valence-electron chi connectivity index (χ4n) is 10.5. The van der Waals surface area contributed by atoms with Crippen LogP contribution in [0.4, 0.5) is 0 Å². The molecule has 0 amide bonds. The first-order valence-corrected chi connectivity index (χ1v) is 22.1. The normalized spacial score (nSPS) is 16.8. The van der Waals surface area contributed by atoms with Crippen molar-refractivity contribution >= 4 is 9.84 Å². The van der Waals surface area contributed by atoms with E-state index in [-0.39, 0.29) is 0 Å². The average Bonchev–Trinajstić information content (AvgIpc) is 3.47. The Bertz CT molecular complexity index is 3360. The average molecular weight is 804 g/mol. The van der Waals surface area contributed by atoms with Gasteiger partial charge in [-0.05, 0) is 109 Å². The molecule has 0 radical (unpaired) electrons. The van der Waals surface area contributed by atoms with Gasteiger partial charge in [0.25, 0.3) is 0 Å². The first-order valence-electron chi connectivity index (χ1n) is 20.6. The van der Waals surface area contributed by atoms with Crippen molar-refractivity contribution in [2.24, 2.45) is 0 Å². The van der Waals surface area contributed by atoms with E-state index in [1.54, 1.807) is 18.5 Å². The standard InChI is InChI=1S/C55H37N3O2S/c1-54(2)43-22-10-8-21-40(43)42-30-48-52(31-46(42)54)61(59,60)51-25-13-12-24-45(51)55(48)44-23-11-9-20-39(44)37-18-6-7-19-38(37)41-27-26-35(29-47(41)55)50-32-49(34-15-4-3-5-16-34)57-53(58-50)36-17-14-28-56-33-36/h3-33H,1-2H3. The summed E-state index contributed by atoms with van der Waals surface area (Å²) in [7, 11) is -3.98. The zero-order valence-corrected chi connectivity index (χ0v) is 34.3. The highest BCUT2D eigenvalue weighted by molar-refractivity contribution is 7.91. The van der Waals surface area contributed by atoms with E-state index in [1.807, 2.05) is 54.6 Å². The minimum Gasteiger partial charge on any atom is -0.264 e. The van der Waals surface area contributed by atoms with Crippen molar-refractivity contribution in [1.29, 1.82) is 0 Å². The predicted octanol–water partition coefficient (Wildman–Crippen LogP) is 12.4. The third-order valence-electron chi connectivity index (χ3n) is 13.2. The van der Waals surface area contributed by atoms with Gasteiger partial charge < -0.3 is 0 Å². The molecule has 12 rings (SSSR count). The van der Waals surface area contributed by atoms with E-state index in [4.69, 9.17) is 9.97 Å². The summed E-state index contributed by atoms with van der Waals surface area (Å²) >= 11 is 0. The Morgan fingerprint density at radius 1 is 0.410 bits per heavy atom. The molecule has 6 heteroatoms. The molecule has 0 bridgehead atoms. The fourth-order valence-corrected chi connectivity index (χ4v) is 12.2. The summed E-state index contributed by atoms with van der Waals surface area (Å²) in [5.74, 6) is 0.570. The molecule has 1 aliphatic heterocycles. The maximum absolute atomic E-state index is 15.3. The van der Waals surface area contributed by atoms with E-state index >= 15 is 8.42 Å². The molecule has 61 heavy (non-hydrogen) atoms. The van der Waals surface area contributed by atoms with Gasteiger partial charge in [0.15, 0.2) is 5.82 Å². The molecule has 5 nitrogen and oxygen atoms in total. The van der Waals surface area contributed by atoms with Crippen LogP contribution in [0, 0.1) is 0 Å². The number of nitrogens with zero attached hydrogens (tertiary/aromatic N) is 3. The number of aromatic nitrogens is 3. The monoisotopic (exact) mass is 803 g/mol. The van der Waals surface area contributed by atoms with Crippen LogP contribution in [-0.4, -0.2) is 23.4 Å². The van der Waals surface area contributed by atoms with Crippen LogP contribution in [0.3, 0.4) is 0 Å². The van der Waals surface area contributed by atoms with E-state index in [0.29, 0.717) is 15.6 Å². The van der Waals surface area contributed by atoms with Gasteiger partial charge in [0.1, 0.15) is 0 Å². The highest BCUT2D eigenvalue weighted by Crippen LogP contribution is 2.62. The van der Waals surface area contributed by atoms with Gasteiger partial charge in [-0.3, -0.25) is 4.98 Å². The van der Waals surface area contributed by atoms with Gasteiger partial charge in [0.2, 0.25) is 9.84 Å². The summed E-state index contributed by atoms with van der Waals surface area (Å²) in [5, 5.41) is 0. The molecule has 1 unspecified atom stereocenters. The largest absolute Gasteiger partial charge is 0.264 e. The number of pyridine rings is 1. The van der Waals surface area contributed by atoms with Crippen molar-refractivity contribution in [3.63, 3.8) is 0 Å². The zero-order chi connectivity index (χ0) is 41.1. The van der Waals surface area contributed by atoms with Crippen LogP contribution in [-0.2, 0) is 20.7 Å². The van der Waals surface area contributed by atoms with Gasteiger partial charge >= 0.3 is 0 Å². The number of fused-ring (bicyclic) bond motifs is 14. The van der Waals surface area contributed by atoms with Crippen molar-refractivity contribution in [2.75, 3.05) is 0 Å². The van der Waals surface area contributed by atoms with Crippen molar-refractivity contribution in [3.8, 4) is 67.3 Å². The summed E-state index contributed by atoms with van der Waals surface area (Å²) in [6.45, 7) is 4.40. The molecule has 290 valence electrons. The molecule has 0 fully saturated rings. The molecule has 9 aromatic rings. The lowest BCUT2D eigenvalue weighted by atomic mass is 9.62. The quantitative estimate of drug-likeness (QED) is 0.178. The lowest BCUT2D eigenvalue weighted by Gasteiger charge is -2.43. The van der Waals surface area contributed by atoms with Crippen LogP contribution in [0.25, 0.3) is 67.3 Å². The lowest BCUT2D eigenvalue weighted by molar-refractivity contribution is 0.577.